The van der Waals surface area contributed by atoms with E-state index in [2.05, 4.69) is 26.2 Å². The van der Waals surface area contributed by atoms with E-state index >= 15 is 0 Å². The van der Waals surface area contributed by atoms with Crippen molar-refractivity contribution < 1.29 is 4.79 Å². The van der Waals surface area contributed by atoms with Gasteiger partial charge in [-0.2, -0.15) is 0 Å². The van der Waals surface area contributed by atoms with Crippen LogP contribution in [0.4, 0.5) is 11.5 Å². The van der Waals surface area contributed by atoms with Crippen molar-refractivity contribution in [2.45, 2.75) is 27.2 Å². The molecule has 3 N–H and O–H groups in total. The van der Waals surface area contributed by atoms with E-state index in [1.165, 1.54) is 6.20 Å². The molecular weight excluding hydrogens is 270 g/mol. The zero-order valence-electron chi connectivity index (χ0n) is 9.67. The average molecular weight is 286 g/mol. The summed E-state index contributed by atoms with van der Waals surface area (Å²) in [4.78, 5) is 15.7. The molecule has 0 atom stereocenters. The van der Waals surface area contributed by atoms with Crippen LogP contribution in [0.2, 0.25) is 0 Å². The van der Waals surface area contributed by atoms with Crippen LogP contribution in [0.1, 0.15) is 27.2 Å². The number of anilines is 2. The lowest BCUT2D eigenvalue weighted by molar-refractivity contribution is -0.117. The zero-order chi connectivity index (χ0) is 12.3. The minimum atomic E-state index is -0.0505. The molecule has 88 valence electrons. The van der Waals surface area contributed by atoms with Crippen molar-refractivity contribution in [2.24, 2.45) is 5.41 Å². The Morgan fingerprint density at radius 2 is 2.19 bits per heavy atom. The predicted molar refractivity (Wildman–Crippen MR) is 69.1 cm³/mol. The van der Waals surface area contributed by atoms with Crippen molar-refractivity contribution in [1.82, 2.24) is 4.98 Å². The van der Waals surface area contributed by atoms with Crippen molar-refractivity contribution in [1.29, 1.82) is 0 Å². The number of halogens is 1. The third-order valence-corrected chi connectivity index (χ3v) is 2.42. The number of carbonyl (C=O) groups excluding carboxylic acids is 1. The number of nitrogen functional groups attached to an aromatic ring is 1. The molecule has 1 aromatic heterocycles. The molecule has 0 aromatic carbocycles. The highest BCUT2D eigenvalue weighted by Crippen LogP contribution is 2.24. The number of aromatic nitrogens is 1. The van der Waals surface area contributed by atoms with Crippen molar-refractivity contribution in [3.63, 3.8) is 0 Å². The summed E-state index contributed by atoms with van der Waals surface area (Å²) in [5.74, 6) is 0.453. The van der Waals surface area contributed by atoms with E-state index < -0.39 is 0 Å². The van der Waals surface area contributed by atoms with Crippen molar-refractivity contribution in [3.05, 3.63) is 16.7 Å². The van der Waals surface area contributed by atoms with Crippen molar-refractivity contribution in [2.75, 3.05) is 11.1 Å². The van der Waals surface area contributed by atoms with E-state index in [4.69, 9.17) is 5.73 Å². The van der Waals surface area contributed by atoms with Crippen LogP contribution in [-0.4, -0.2) is 10.9 Å². The van der Waals surface area contributed by atoms with Crippen molar-refractivity contribution >= 4 is 33.3 Å². The minimum absolute atomic E-state index is 0.0373. The maximum absolute atomic E-state index is 11.7. The lowest BCUT2D eigenvalue weighted by Gasteiger charge is -2.17. The molecule has 1 aromatic rings. The normalized spacial score (nSPS) is 11.2. The lowest BCUT2D eigenvalue weighted by atomic mass is 9.92. The summed E-state index contributed by atoms with van der Waals surface area (Å²) >= 11 is 3.30. The molecule has 0 spiro atoms. The molecule has 1 heterocycles. The zero-order valence-corrected chi connectivity index (χ0v) is 11.3. The van der Waals surface area contributed by atoms with Crippen LogP contribution in [-0.2, 0) is 4.79 Å². The third-order valence-electron chi connectivity index (χ3n) is 1.81. The summed E-state index contributed by atoms with van der Waals surface area (Å²) in [5.41, 5.74) is 6.07. The molecule has 0 aliphatic heterocycles. The molecule has 0 bridgehead atoms. The van der Waals surface area contributed by atoms with Gasteiger partial charge in [0, 0.05) is 6.42 Å². The molecule has 4 nitrogen and oxygen atoms in total. The molecule has 0 saturated heterocycles. The van der Waals surface area contributed by atoms with Gasteiger partial charge in [0.2, 0.25) is 5.91 Å². The number of hydrogen-bond acceptors (Lipinski definition) is 3. The van der Waals surface area contributed by atoms with Gasteiger partial charge in [0.1, 0.15) is 5.82 Å². The molecule has 1 amide bonds. The fourth-order valence-electron chi connectivity index (χ4n) is 1.20. The van der Waals surface area contributed by atoms with Gasteiger partial charge in [-0.15, -0.1) is 0 Å². The van der Waals surface area contributed by atoms with E-state index in [-0.39, 0.29) is 11.3 Å². The first-order valence-electron chi connectivity index (χ1n) is 4.99. The second kappa shape index (κ2) is 4.82. The van der Waals surface area contributed by atoms with Gasteiger partial charge in [-0.1, -0.05) is 20.8 Å². The maximum atomic E-state index is 11.7. The number of pyridine rings is 1. The summed E-state index contributed by atoms with van der Waals surface area (Å²) < 4.78 is 0.690. The van der Waals surface area contributed by atoms with Gasteiger partial charge in [0.15, 0.2) is 0 Å². The number of nitrogens with one attached hydrogen (secondary N) is 1. The van der Waals surface area contributed by atoms with E-state index in [0.29, 0.717) is 22.4 Å². The summed E-state index contributed by atoms with van der Waals surface area (Å²) in [6, 6.07) is 1.71. The Bertz CT molecular complexity index is 399. The van der Waals surface area contributed by atoms with Gasteiger partial charge in [-0.3, -0.25) is 4.79 Å². The highest BCUT2D eigenvalue weighted by molar-refractivity contribution is 9.10. The van der Waals surface area contributed by atoms with Gasteiger partial charge in [0.25, 0.3) is 0 Å². The Hall–Kier alpha value is -1.10. The smallest absolute Gasteiger partial charge is 0.226 e. The first kappa shape index (κ1) is 13.0. The maximum Gasteiger partial charge on any atom is 0.226 e. The number of rotatable bonds is 2. The summed E-state index contributed by atoms with van der Waals surface area (Å²) in [6.07, 6.45) is 1.96. The molecule has 0 saturated carbocycles. The van der Waals surface area contributed by atoms with Crippen LogP contribution in [0.25, 0.3) is 0 Å². The Balaban J connectivity index is 2.70. The first-order valence-corrected chi connectivity index (χ1v) is 5.78. The highest BCUT2D eigenvalue weighted by atomic mass is 79.9. The second-order valence-corrected chi connectivity index (χ2v) is 5.74. The van der Waals surface area contributed by atoms with Gasteiger partial charge < -0.3 is 11.1 Å². The van der Waals surface area contributed by atoms with Crippen LogP contribution < -0.4 is 11.1 Å². The first-order chi connectivity index (χ1) is 7.28. The molecular formula is C11H16BrN3O. The second-order valence-electron chi connectivity index (χ2n) is 4.88. The van der Waals surface area contributed by atoms with E-state index in [9.17, 15) is 4.79 Å². The fraction of sp³-hybridized carbons (Fsp3) is 0.455. The quantitative estimate of drug-likeness (QED) is 0.878. The van der Waals surface area contributed by atoms with Gasteiger partial charge >= 0.3 is 0 Å². The fourth-order valence-corrected chi connectivity index (χ4v) is 1.67. The molecule has 0 fully saturated rings. The summed E-state index contributed by atoms with van der Waals surface area (Å²) in [6.45, 7) is 6.04. The molecule has 16 heavy (non-hydrogen) atoms. The number of nitrogens with two attached hydrogens (primary N) is 1. The van der Waals surface area contributed by atoms with Crippen LogP contribution in [0.15, 0.2) is 16.7 Å². The predicted octanol–water partition coefficient (Wildman–Crippen LogP) is 2.80. The largest absolute Gasteiger partial charge is 0.397 e. The Morgan fingerprint density at radius 1 is 1.56 bits per heavy atom. The van der Waals surface area contributed by atoms with E-state index in [1.807, 2.05) is 20.8 Å². The van der Waals surface area contributed by atoms with E-state index in [0.717, 1.165) is 0 Å². The van der Waals surface area contributed by atoms with E-state index in [1.54, 1.807) is 6.07 Å². The van der Waals surface area contributed by atoms with Crippen LogP contribution in [0.3, 0.4) is 0 Å². The average Bonchev–Trinajstić information content (AvgIpc) is 2.06. The number of nitrogens with zero attached hydrogens (tertiary/aromatic N) is 1. The van der Waals surface area contributed by atoms with Crippen LogP contribution >= 0.6 is 15.9 Å². The molecule has 0 radical (unpaired) electrons. The molecule has 0 aliphatic rings. The topological polar surface area (TPSA) is 68.0 Å². The third kappa shape index (κ3) is 4.18. The highest BCUT2D eigenvalue weighted by Gasteiger charge is 2.16. The minimum Gasteiger partial charge on any atom is -0.397 e. The Labute approximate surface area is 104 Å². The summed E-state index contributed by atoms with van der Waals surface area (Å²) in [7, 11) is 0. The monoisotopic (exact) mass is 285 g/mol. The SMILES string of the molecule is CC(C)(C)CC(=O)Nc1ncc(N)cc1Br. The van der Waals surface area contributed by atoms with Crippen LogP contribution in [0.5, 0.6) is 0 Å². The Kier molecular flexibility index (Phi) is 3.91. The molecule has 0 unspecified atom stereocenters. The standard InChI is InChI=1S/C11H16BrN3O/c1-11(2,3)5-9(16)15-10-8(12)4-7(13)6-14-10/h4,6H,5,13H2,1-3H3,(H,14,15,16). The van der Waals surface area contributed by atoms with Crippen LogP contribution in [0, 0.1) is 5.41 Å². The van der Waals surface area contributed by atoms with Gasteiger partial charge in [-0.25, -0.2) is 4.98 Å². The number of hydrogen-bond donors (Lipinski definition) is 2. The molecule has 5 heteroatoms. The molecule has 1 rings (SSSR count). The summed E-state index contributed by atoms with van der Waals surface area (Å²) in [5, 5.41) is 2.74. The number of amides is 1. The molecule has 0 aliphatic carbocycles. The van der Waals surface area contributed by atoms with Crippen molar-refractivity contribution in [3.8, 4) is 0 Å². The Morgan fingerprint density at radius 3 is 2.69 bits per heavy atom. The van der Waals surface area contributed by atoms with Gasteiger partial charge in [0.05, 0.1) is 16.4 Å². The number of carbonyl (C=O) groups is 1. The lowest BCUT2D eigenvalue weighted by Crippen LogP contribution is -2.20. The van der Waals surface area contributed by atoms with Gasteiger partial charge in [-0.05, 0) is 27.4 Å².